The smallest absolute Gasteiger partial charge is 0.139 e. The van der Waals surface area contributed by atoms with Gasteiger partial charge in [0.2, 0.25) is 0 Å². The molecule has 3 rings (SSSR count). The summed E-state index contributed by atoms with van der Waals surface area (Å²) in [5.41, 5.74) is 11.1. The molecule has 19 heavy (non-hydrogen) atoms. The maximum atomic E-state index is 5.75. The van der Waals surface area contributed by atoms with Gasteiger partial charge in [-0.25, -0.2) is 4.98 Å². The number of para-hydroxylation sites is 1. The largest absolute Gasteiger partial charge is 0.338 e. The van der Waals surface area contributed by atoms with Gasteiger partial charge in [-0.3, -0.25) is 0 Å². The Morgan fingerprint density at radius 3 is 2.89 bits per heavy atom. The summed E-state index contributed by atoms with van der Waals surface area (Å²) in [5.74, 6) is 0.867. The highest BCUT2D eigenvalue weighted by atomic mass is 79.9. The molecule has 1 heterocycles. The number of nitrogens with one attached hydrogen (secondary N) is 1. The first-order chi connectivity index (χ1) is 9.19. The van der Waals surface area contributed by atoms with Crippen LogP contribution in [0.3, 0.4) is 0 Å². The molecule has 3 aromatic rings. The zero-order valence-corrected chi connectivity index (χ0v) is 12.2. The third-order valence-electron chi connectivity index (χ3n) is 3.19. The fraction of sp³-hybridized carbons (Fsp3) is 0.133. The van der Waals surface area contributed by atoms with Gasteiger partial charge in [-0.15, -0.1) is 0 Å². The minimum Gasteiger partial charge on any atom is -0.338 e. The van der Waals surface area contributed by atoms with Gasteiger partial charge >= 0.3 is 0 Å². The first-order valence-corrected chi connectivity index (χ1v) is 6.92. The maximum absolute atomic E-state index is 5.75. The molecule has 0 aliphatic carbocycles. The van der Waals surface area contributed by atoms with Crippen LogP contribution in [0.2, 0.25) is 0 Å². The average molecular weight is 316 g/mol. The van der Waals surface area contributed by atoms with Gasteiger partial charge in [-0.2, -0.15) is 0 Å². The van der Waals surface area contributed by atoms with Crippen LogP contribution in [-0.2, 0) is 6.54 Å². The van der Waals surface area contributed by atoms with Crippen molar-refractivity contribution >= 4 is 27.0 Å². The van der Waals surface area contributed by atoms with E-state index in [2.05, 4.69) is 40.0 Å². The van der Waals surface area contributed by atoms with E-state index < -0.39 is 0 Å². The molecule has 0 aliphatic rings. The second-order valence-corrected chi connectivity index (χ2v) is 5.44. The molecule has 3 N–H and O–H groups in total. The second kappa shape index (κ2) is 4.79. The Morgan fingerprint density at radius 1 is 1.26 bits per heavy atom. The van der Waals surface area contributed by atoms with Gasteiger partial charge in [0.25, 0.3) is 0 Å². The van der Waals surface area contributed by atoms with Gasteiger partial charge < -0.3 is 10.7 Å². The summed E-state index contributed by atoms with van der Waals surface area (Å²) in [6.45, 7) is 2.57. The van der Waals surface area contributed by atoms with E-state index in [9.17, 15) is 0 Å². The van der Waals surface area contributed by atoms with Crippen LogP contribution in [0.4, 0.5) is 0 Å². The van der Waals surface area contributed by atoms with Gasteiger partial charge in [0.05, 0.1) is 11.0 Å². The molecular weight excluding hydrogens is 302 g/mol. The zero-order chi connectivity index (χ0) is 13.4. The molecule has 0 aliphatic heterocycles. The number of hydrogen-bond donors (Lipinski definition) is 2. The molecule has 2 aromatic carbocycles. The van der Waals surface area contributed by atoms with E-state index in [0.29, 0.717) is 6.54 Å². The number of aryl methyl sites for hydroxylation is 1. The van der Waals surface area contributed by atoms with E-state index in [1.54, 1.807) is 0 Å². The maximum Gasteiger partial charge on any atom is 0.139 e. The summed E-state index contributed by atoms with van der Waals surface area (Å²) in [4.78, 5) is 8.05. The normalized spacial score (nSPS) is 11.1. The molecule has 0 spiro atoms. The first kappa shape index (κ1) is 12.4. The van der Waals surface area contributed by atoms with Crippen molar-refractivity contribution in [2.24, 2.45) is 5.73 Å². The van der Waals surface area contributed by atoms with Crippen molar-refractivity contribution < 1.29 is 0 Å². The lowest BCUT2D eigenvalue weighted by atomic mass is 10.1. The highest BCUT2D eigenvalue weighted by Crippen LogP contribution is 2.29. The summed E-state index contributed by atoms with van der Waals surface area (Å²) >= 11 is 3.58. The van der Waals surface area contributed by atoms with Crippen LogP contribution in [0.1, 0.15) is 11.1 Å². The zero-order valence-electron chi connectivity index (χ0n) is 10.6. The molecule has 0 saturated carbocycles. The predicted octanol–water partition coefficient (Wildman–Crippen LogP) is 3.76. The number of hydrogen-bond acceptors (Lipinski definition) is 2. The standard InChI is InChI=1S/C15H14BrN3/c1-9-5-6-12(16)11(7-9)15-18-13-4-2-3-10(8-17)14(13)19-15/h2-7H,8,17H2,1H3,(H,18,19). The fourth-order valence-electron chi connectivity index (χ4n) is 2.20. The van der Waals surface area contributed by atoms with E-state index >= 15 is 0 Å². The minimum atomic E-state index is 0.497. The van der Waals surface area contributed by atoms with Gasteiger partial charge in [-0.05, 0) is 30.7 Å². The van der Waals surface area contributed by atoms with E-state index in [1.165, 1.54) is 5.56 Å². The van der Waals surface area contributed by atoms with Gasteiger partial charge in [0.1, 0.15) is 5.82 Å². The van der Waals surface area contributed by atoms with Crippen LogP contribution >= 0.6 is 15.9 Å². The van der Waals surface area contributed by atoms with Crippen molar-refractivity contribution in [1.82, 2.24) is 9.97 Å². The highest BCUT2D eigenvalue weighted by Gasteiger charge is 2.10. The summed E-state index contributed by atoms with van der Waals surface area (Å²) in [6, 6.07) is 12.3. The number of aromatic nitrogens is 2. The molecule has 4 heteroatoms. The van der Waals surface area contributed by atoms with Crippen LogP contribution < -0.4 is 5.73 Å². The van der Waals surface area contributed by atoms with Crippen LogP contribution in [0.15, 0.2) is 40.9 Å². The number of imidazole rings is 1. The fourth-order valence-corrected chi connectivity index (χ4v) is 2.64. The summed E-state index contributed by atoms with van der Waals surface area (Å²) in [5, 5.41) is 0. The molecule has 0 saturated heterocycles. The lowest BCUT2D eigenvalue weighted by Crippen LogP contribution is -1.96. The van der Waals surface area contributed by atoms with Gasteiger partial charge in [-0.1, -0.05) is 39.7 Å². The Balaban J connectivity index is 2.23. The molecule has 0 radical (unpaired) electrons. The summed E-state index contributed by atoms with van der Waals surface area (Å²) in [6.07, 6.45) is 0. The third-order valence-corrected chi connectivity index (χ3v) is 3.88. The Bertz CT molecular complexity index is 746. The molecule has 0 fully saturated rings. The van der Waals surface area contributed by atoms with Crippen LogP contribution in [0.25, 0.3) is 22.4 Å². The second-order valence-electron chi connectivity index (χ2n) is 4.59. The molecule has 1 aromatic heterocycles. The number of nitrogens with zero attached hydrogens (tertiary/aromatic N) is 1. The number of halogens is 1. The van der Waals surface area contributed by atoms with Gasteiger partial charge in [0.15, 0.2) is 0 Å². The number of fused-ring (bicyclic) bond motifs is 1. The third kappa shape index (κ3) is 2.17. The summed E-state index contributed by atoms with van der Waals surface area (Å²) < 4.78 is 1.03. The number of H-pyrrole nitrogens is 1. The molecule has 96 valence electrons. The molecule has 0 unspecified atom stereocenters. The number of rotatable bonds is 2. The van der Waals surface area contributed by atoms with Crippen molar-refractivity contribution in [3.05, 3.63) is 52.0 Å². The van der Waals surface area contributed by atoms with Crippen molar-refractivity contribution in [3.8, 4) is 11.4 Å². The topological polar surface area (TPSA) is 54.7 Å². The molecular formula is C15H14BrN3. The summed E-state index contributed by atoms with van der Waals surface area (Å²) in [7, 11) is 0. The van der Waals surface area contributed by atoms with E-state index in [1.807, 2.05) is 24.3 Å². The van der Waals surface area contributed by atoms with Crippen LogP contribution in [0.5, 0.6) is 0 Å². The Labute approximate surface area is 120 Å². The van der Waals surface area contributed by atoms with Crippen molar-refractivity contribution in [2.45, 2.75) is 13.5 Å². The monoisotopic (exact) mass is 315 g/mol. The van der Waals surface area contributed by atoms with Crippen LogP contribution in [-0.4, -0.2) is 9.97 Å². The van der Waals surface area contributed by atoms with Crippen LogP contribution in [0, 0.1) is 6.92 Å². The molecule has 0 amide bonds. The lowest BCUT2D eigenvalue weighted by molar-refractivity contribution is 1.08. The molecule has 0 atom stereocenters. The molecule has 0 bridgehead atoms. The average Bonchev–Trinajstić information content (AvgIpc) is 2.85. The number of aromatic amines is 1. The Hall–Kier alpha value is -1.65. The van der Waals surface area contributed by atoms with E-state index in [-0.39, 0.29) is 0 Å². The van der Waals surface area contributed by atoms with E-state index in [0.717, 1.165) is 32.5 Å². The Kier molecular flexibility index (Phi) is 3.12. The van der Waals surface area contributed by atoms with Crippen molar-refractivity contribution in [2.75, 3.05) is 0 Å². The Morgan fingerprint density at radius 2 is 2.11 bits per heavy atom. The van der Waals surface area contributed by atoms with Crippen molar-refractivity contribution in [1.29, 1.82) is 0 Å². The number of nitrogens with two attached hydrogens (primary N) is 1. The van der Waals surface area contributed by atoms with E-state index in [4.69, 9.17) is 10.7 Å². The first-order valence-electron chi connectivity index (χ1n) is 6.13. The minimum absolute atomic E-state index is 0.497. The molecule has 3 nitrogen and oxygen atoms in total. The highest BCUT2D eigenvalue weighted by molar-refractivity contribution is 9.10. The quantitative estimate of drug-likeness (QED) is 0.756. The lowest BCUT2D eigenvalue weighted by Gasteiger charge is -2.02. The predicted molar refractivity (Wildman–Crippen MR) is 81.9 cm³/mol. The van der Waals surface area contributed by atoms with Gasteiger partial charge in [0, 0.05) is 16.6 Å². The van der Waals surface area contributed by atoms with Crippen molar-refractivity contribution in [3.63, 3.8) is 0 Å². The number of benzene rings is 2. The SMILES string of the molecule is Cc1ccc(Br)c(-c2nc3c(CN)cccc3[nH]2)c1.